The summed E-state index contributed by atoms with van der Waals surface area (Å²) in [4.78, 5) is 12.2. The first-order valence-corrected chi connectivity index (χ1v) is 11.9. The quantitative estimate of drug-likeness (QED) is 0.473. The van der Waals surface area contributed by atoms with E-state index in [1.165, 1.54) is 12.1 Å². The number of hydrogen-bond acceptors (Lipinski definition) is 4. The van der Waals surface area contributed by atoms with E-state index in [1.54, 1.807) is 7.11 Å². The lowest BCUT2D eigenvalue weighted by Crippen LogP contribution is -2.28. The van der Waals surface area contributed by atoms with Gasteiger partial charge in [-0.25, -0.2) is 13.1 Å². The smallest absolute Gasteiger partial charge is 0.252 e. The number of carbonyl (C=O) groups is 1. The minimum atomic E-state index is -3.92. The van der Waals surface area contributed by atoms with E-state index < -0.39 is 15.9 Å². The Hall–Kier alpha value is -1.80. The fourth-order valence-electron chi connectivity index (χ4n) is 2.78. The molecule has 0 unspecified atom stereocenters. The van der Waals surface area contributed by atoms with Crippen LogP contribution in [-0.2, 0) is 16.4 Å². The first kappa shape index (κ1) is 24.5. The maximum absolute atomic E-state index is 12.7. The molecule has 2 aromatic rings. The second kappa shape index (κ2) is 11.6. The van der Waals surface area contributed by atoms with Crippen molar-refractivity contribution in [2.45, 2.75) is 37.5 Å². The first-order valence-electron chi connectivity index (χ1n) is 9.68. The molecular weight excluding hydrogens is 447 g/mol. The first-order chi connectivity index (χ1) is 14.3. The minimum Gasteiger partial charge on any atom is -0.497 e. The zero-order valence-corrected chi connectivity index (χ0v) is 19.3. The molecule has 0 aliphatic rings. The van der Waals surface area contributed by atoms with Crippen LogP contribution < -0.4 is 14.8 Å². The summed E-state index contributed by atoms with van der Waals surface area (Å²) >= 11 is 12.2. The zero-order valence-electron chi connectivity index (χ0n) is 17.0. The third-order valence-corrected chi connectivity index (χ3v) is 6.72. The fourth-order valence-corrected chi connectivity index (χ4v) is 4.67. The van der Waals surface area contributed by atoms with E-state index in [-0.39, 0.29) is 27.0 Å². The van der Waals surface area contributed by atoms with Crippen molar-refractivity contribution in [1.29, 1.82) is 0 Å². The van der Waals surface area contributed by atoms with Crippen LogP contribution in [0.25, 0.3) is 0 Å². The Morgan fingerprint density at radius 1 is 1.03 bits per heavy atom. The summed E-state index contributed by atoms with van der Waals surface area (Å²) < 4.78 is 33.1. The van der Waals surface area contributed by atoms with Crippen molar-refractivity contribution in [3.8, 4) is 5.75 Å². The van der Waals surface area contributed by atoms with Crippen molar-refractivity contribution >= 4 is 39.1 Å². The highest BCUT2D eigenvalue weighted by atomic mass is 35.5. The SMILES string of the molecule is CCCCCNC(=O)c1cc(S(=O)(=O)NCCc2ccc(OC)cc2)c(Cl)cc1Cl. The van der Waals surface area contributed by atoms with Crippen molar-refractivity contribution in [3.63, 3.8) is 0 Å². The Kier molecular flexibility index (Phi) is 9.42. The number of hydrogen-bond donors (Lipinski definition) is 2. The van der Waals surface area contributed by atoms with Crippen molar-refractivity contribution in [2.24, 2.45) is 0 Å². The van der Waals surface area contributed by atoms with Gasteiger partial charge in [0.25, 0.3) is 5.91 Å². The lowest BCUT2D eigenvalue weighted by Gasteiger charge is -2.12. The Labute approximate surface area is 188 Å². The molecule has 2 N–H and O–H groups in total. The number of halogens is 2. The Bertz CT molecular complexity index is 964. The number of benzene rings is 2. The maximum Gasteiger partial charge on any atom is 0.252 e. The molecule has 0 fully saturated rings. The summed E-state index contributed by atoms with van der Waals surface area (Å²) in [5.74, 6) is 0.301. The van der Waals surface area contributed by atoms with Crippen molar-refractivity contribution < 1.29 is 17.9 Å². The van der Waals surface area contributed by atoms with Gasteiger partial charge >= 0.3 is 0 Å². The third-order valence-electron chi connectivity index (χ3n) is 4.49. The molecule has 0 saturated heterocycles. The summed E-state index contributed by atoms with van der Waals surface area (Å²) in [7, 11) is -2.34. The van der Waals surface area contributed by atoms with E-state index in [2.05, 4.69) is 17.0 Å². The van der Waals surface area contributed by atoms with Gasteiger partial charge in [0.05, 0.1) is 22.7 Å². The highest BCUT2D eigenvalue weighted by molar-refractivity contribution is 7.89. The van der Waals surface area contributed by atoms with E-state index in [4.69, 9.17) is 27.9 Å². The molecule has 0 bridgehead atoms. The van der Waals surface area contributed by atoms with Crippen LogP contribution in [0.4, 0.5) is 0 Å². The van der Waals surface area contributed by atoms with Gasteiger partial charge in [0.1, 0.15) is 10.6 Å². The van der Waals surface area contributed by atoms with E-state index in [9.17, 15) is 13.2 Å². The van der Waals surface area contributed by atoms with Gasteiger partial charge < -0.3 is 10.1 Å². The standard InChI is InChI=1S/C21H26Cl2N2O4S/c1-3-4-5-11-24-21(26)17-13-20(19(23)14-18(17)22)30(27,28)25-12-10-15-6-8-16(29-2)9-7-15/h6-9,13-14,25H,3-5,10-12H2,1-2H3,(H,24,26). The predicted octanol–water partition coefficient (Wildman–Crippen LogP) is 4.44. The molecule has 0 aliphatic heterocycles. The Balaban J connectivity index is 2.08. The van der Waals surface area contributed by atoms with Crippen LogP contribution in [0.15, 0.2) is 41.3 Å². The molecule has 30 heavy (non-hydrogen) atoms. The predicted molar refractivity (Wildman–Crippen MR) is 120 cm³/mol. The molecule has 1 amide bonds. The molecule has 0 aromatic heterocycles. The zero-order chi connectivity index (χ0) is 22.1. The number of unbranched alkanes of at least 4 members (excludes halogenated alkanes) is 2. The molecule has 2 aromatic carbocycles. The fraction of sp³-hybridized carbons (Fsp3) is 0.381. The number of methoxy groups -OCH3 is 1. The van der Waals surface area contributed by atoms with Crippen LogP contribution in [-0.4, -0.2) is 34.5 Å². The molecule has 2 rings (SSSR count). The molecule has 9 heteroatoms. The van der Waals surface area contributed by atoms with Crippen LogP contribution in [0.5, 0.6) is 5.75 Å². The van der Waals surface area contributed by atoms with Crippen LogP contribution in [0.3, 0.4) is 0 Å². The summed E-state index contributed by atoms with van der Waals surface area (Å²) in [6.45, 7) is 2.73. The van der Waals surface area contributed by atoms with Gasteiger partial charge in [0, 0.05) is 13.1 Å². The van der Waals surface area contributed by atoms with Crippen molar-refractivity contribution in [1.82, 2.24) is 10.0 Å². The summed E-state index contributed by atoms with van der Waals surface area (Å²) in [5, 5.41) is 2.81. The third kappa shape index (κ3) is 6.87. The van der Waals surface area contributed by atoms with Gasteiger partial charge in [-0.05, 0) is 42.7 Å². The number of nitrogens with one attached hydrogen (secondary N) is 2. The number of rotatable bonds is 11. The van der Waals surface area contributed by atoms with E-state index in [0.717, 1.165) is 30.6 Å². The number of sulfonamides is 1. The second-order valence-electron chi connectivity index (χ2n) is 6.72. The van der Waals surface area contributed by atoms with Crippen LogP contribution in [0.1, 0.15) is 42.1 Å². The minimum absolute atomic E-state index is 0.0421. The van der Waals surface area contributed by atoms with E-state index >= 15 is 0 Å². The highest BCUT2D eigenvalue weighted by Crippen LogP contribution is 2.28. The summed E-state index contributed by atoms with van der Waals surface area (Å²) in [6, 6.07) is 9.85. The summed E-state index contributed by atoms with van der Waals surface area (Å²) in [5.41, 5.74) is 1.03. The van der Waals surface area contributed by atoms with Crippen molar-refractivity contribution in [3.05, 3.63) is 57.6 Å². The van der Waals surface area contributed by atoms with E-state index in [0.29, 0.717) is 13.0 Å². The summed E-state index contributed by atoms with van der Waals surface area (Å²) in [6.07, 6.45) is 3.35. The number of carbonyl (C=O) groups excluding carboxylic acids is 1. The number of amides is 1. The molecule has 0 spiro atoms. The van der Waals surface area contributed by atoms with Gasteiger partial charge in [-0.3, -0.25) is 4.79 Å². The largest absolute Gasteiger partial charge is 0.497 e. The molecule has 0 aliphatic carbocycles. The van der Waals surface area contributed by atoms with Crippen LogP contribution in [0, 0.1) is 0 Å². The van der Waals surface area contributed by atoms with Crippen molar-refractivity contribution in [2.75, 3.05) is 20.2 Å². The lowest BCUT2D eigenvalue weighted by atomic mass is 10.1. The van der Waals surface area contributed by atoms with Gasteiger partial charge in [-0.15, -0.1) is 0 Å². The van der Waals surface area contributed by atoms with Gasteiger partial charge in [-0.1, -0.05) is 55.1 Å². The lowest BCUT2D eigenvalue weighted by molar-refractivity contribution is 0.0953. The molecule has 0 atom stereocenters. The Morgan fingerprint density at radius 3 is 2.37 bits per heavy atom. The highest BCUT2D eigenvalue weighted by Gasteiger charge is 2.22. The molecule has 0 heterocycles. The normalized spacial score (nSPS) is 11.3. The molecule has 0 saturated carbocycles. The average Bonchev–Trinajstić information content (AvgIpc) is 2.71. The maximum atomic E-state index is 12.7. The average molecular weight is 473 g/mol. The topological polar surface area (TPSA) is 84.5 Å². The monoisotopic (exact) mass is 472 g/mol. The van der Waals surface area contributed by atoms with E-state index in [1.807, 2.05) is 24.3 Å². The number of ether oxygens (including phenoxy) is 1. The van der Waals surface area contributed by atoms with Gasteiger partial charge in [0.15, 0.2) is 0 Å². The molecule has 6 nitrogen and oxygen atoms in total. The van der Waals surface area contributed by atoms with Gasteiger partial charge in [-0.2, -0.15) is 0 Å². The van der Waals surface area contributed by atoms with Crippen LogP contribution in [0.2, 0.25) is 10.0 Å². The van der Waals surface area contributed by atoms with Crippen LogP contribution >= 0.6 is 23.2 Å². The molecular formula is C21H26Cl2N2O4S. The second-order valence-corrected chi connectivity index (χ2v) is 9.27. The molecule has 0 radical (unpaired) electrons. The molecule has 164 valence electrons. The Morgan fingerprint density at radius 2 is 1.73 bits per heavy atom. The van der Waals surface area contributed by atoms with Gasteiger partial charge in [0.2, 0.25) is 10.0 Å².